The van der Waals surface area contributed by atoms with Crippen LogP contribution in [0, 0.1) is 18.3 Å². The number of nitrogens with zero attached hydrogens (tertiary/aromatic N) is 4. The summed E-state index contributed by atoms with van der Waals surface area (Å²) >= 11 is 0. The van der Waals surface area contributed by atoms with Crippen molar-refractivity contribution in [1.82, 2.24) is 15.2 Å². The van der Waals surface area contributed by atoms with E-state index in [1.54, 1.807) is 19.4 Å². The van der Waals surface area contributed by atoms with Gasteiger partial charge in [0.25, 0.3) is 0 Å². The second-order valence-corrected chi connectivity index (χ2v) is 7.63. The van der Waals surface area contributed by atoms with E-state index in [2.05, 4.69) is 75.3 Å². The molecule has 0 fully saturated rings. The Kier molecular flexibility index (Phi) is 5.01. The molecule has 0 amide bonds. The molecule has 151 valence electrons. The van der Waals surface area contributed by atoms with Crippen molar-refractivity contribution < 1.29 is 1.43 Å². The maximum atomic E-state index is 4.62. The van der Waals surface area contributed by atoms with Crippen molar-refractivity contribution in [3.63, 3.8) is 0 Å². The zero-order chi connectivity index (χ0) is 21.2. The van der Waals surface area contributed by atoms with Crippen molar-refractivity contribution in [2.24, 2.45) is 4.99 Å². The SMILES string of the molecule is C=C(C#Cc1cccnc1)C1=C(C(=NC)c2cc3c(nn2)-c2ccccc2CCC3)[CH]1.[HH]. The van der Waals surface area contributed by atoms with Gasteiger partial charge in [0.1, 0.15) is 5.69 Å². The van der Waals surface area contributed by atoms with Gasteiger partial charge in [0, 0.05) is 44.0 Å². The summed E-state index contributed by atoms with van der Waals surface area (Å²) in [7, 11) is 1.79. The highest BCUT2D eigenvalue weighted by atomic mass is 15.1. The minimum atomic E-state index is 0. The molecule has 0 spiro atoms. The van der Waals surface area contributed by atoms with E-state index in [-0.39, 0.29) is 1.43 Å². The maximum absolute atomic E-state index is 4.62. The lowest BCUT2D eigenvalue weighted by atomic mass is 10.0. The first-order valence-electron chi connectivity index (χ1n) is 10.4. The Hall–Kier alpha value is -3.84. The van der Waals surface area contributed by atoms with Crippen molar-refractivity contribution in [2.45, 2.75) is 19.3 Å². The number of allylic oxidation sites excluding steroid dienone is 3. The molecule has 0 unspecified atom stereocenters. The number of pyridine rings is 1. The molecule has 4 heteroatoms. The lowest BCUT2D eigenvalue weighted by Crippen LogP contribution is -2.07. The Morgan fingerprint density at radius 2 is 1.94 bits per heavy atom. The molecule has 1 aromatic carbocycles. The largest absolute Gasteiger partial charge is 0.286 e. The van der Waals surface area contributed by atoms with E-state index in [9.17, 15) is 0 Å². The van der Waals surface area contributed by atoms with Gasteiger partial charge in [-0.25, -0.2) is 0 Å². The Labute approximate surface area is 184 Å². The Bertz CT molecular complexity index is 1310. The molecular weight excluding hydrogens is 380 g/mol. The van der Waals surface area contributed by atoms with Crippen LogP contribution in [0.5, 0.6) is 0 Å². The molecule has 0 N–H and O–H groups in total. The van der Waals surface area contributed by atoms with Crippen LogP contribution >= 0.6 is 0 Å². The fourth-order valence-corrected chi connectivity index (χ4v) is 3.98. The minimum absolute atomic E-state index is 0. The van der Waals surface area contributed by atoms with E-state index >= 15 is 0 Å². The van der Waals surface area contributed by atoms with Crippen LogP contribution in [0.3, 0.4) is 0 Å². The predicted octanol–water partition coefficient (Wildman–Crippen LogP) is 4.81. The number of hydrogen-bond acceptors (Lipinski definition) is 4. The number of aromatic nitrogens is 3. The Balaban J connectivity index is 0.00000245. The van der Waals surface area contributed by atoms with Crippen LogP contribution < -0.4 is 0 Å². The lowest BCUT2D eigenvalue weighted by Gasteiger charge is -2.09. The summed E-state index contributed by atoms with van der Waals surface area (Å²) in [6.45, 7) is 4.13. The highest BCUT2D eigenvalue weighted by Gasteiger charge is 2.30. The van der Waals surface area contributed by atoms with Crippen LogP contribution in [0.4, 0.5) is 0 Å². The van der Waals surface area contributed by atoms with Crippen LogP contribution in [-0.2, 0) is 12.8 Å². The smallest absolute Gasteiger partial charge is 0.111 e. The number of fused-ring (bicyclic) bond motifs is 3. The summed E-state index contributed by atoms with van der Waals surface area (Å²) in [5.74, 6) is 6.23. The summed E-state index contributed by atoms with van der Waals surface area (Å²) in [4.78, 5) is 8.60. The molecule has 0 bridgehead atoms. The van der Waals surface area contributed by atoms with Gasteiger partial charge in [-0.15, -0.1) is 10.2 Å². The zero-order valence-electron chi connectivity index (χ0n) is 17.4. The van der Waals surface area contributed by atoms with E-state index in [1.807, 2.05) is 12.1 Å². The topological polar surface area (TPSA) is 51.0 Å². The van der Waals surface area contributed by atoms with E-state index in [0.717, 1.165) is 58.6 Å². The van der Waals surface area contributed by atoms with E-state index in [1.165, 1.54) is 16.7 Å². The summed E-state index contributed by atoms with van der Waals surface area (Å²) in [5, 5.41) is 9.16. The van der Waals surface area contributed by atoms with E-state index in [4.69, 9.17) is 0 Å². The first-order chi connectivity index (χ1) is 15.2. The van der Waals surface area contributed by atoms with Crippen LogP contribution in [0.15, 0.2) is 83.1 Å². The second-order valence-electron chi connectivity index (χ2n) is 7.63. The Morgan fingerprint density at radius 1 is 1.06 bits per heavy atom. The molecule has 5 rings (SSSR count). The van der Waals surface area contributed by atoms with Gasteiger partial charge in [-0.2, -0.15) is 0 Å². The van der Waals surface area contributed by atoms with Gasteiger partial charge in [0.05, 0.1) is 11.4 Å². The average Bonchev–Trinajstić information content (AvgIpc) is 3.62. The van der Waals surface area contributed by atoms with Gasteiger partial charge in [-0.1, -0.05) is 42.7 Å². The summed E-state index contributed by atoms with van der Waals surface area (Å²) < 4.78 is 0. The van der Waals surface area contributed by atoms with Crippen LogP contribution in [0.25, 0.3) is 11.3 Å². The van der Waals surface area contributed by atoms with Crippen molar-refractivity contribution in [3.05, 3.63) is 107 Å². The molecule has 0 atom stereocenters. The molecule has 31 heavy (non-hydrogen) atoms. The molecule has 3 aromatic rings. The third-order valence-electron chi connectivity index (χ3n) is 5.60. The first kappa shape index (κ1) is 19.1. The Morgan fingerprint density at radius 3 is 2.77 bits per heavy atom. The third kappa shape index (κ3) is 3.83. The van der Waals surface area contributed by atoms with Gasteiger partial charge in [0.2, 0.25) is 0 Å². The highest BCUT2D eigenvalue weighted by Crippen LogP contribution is 2.38. The normalized spacial score (nSPS) is 14.7. The second kappa shape index (κ2) is 8.12. The maximum Gasteiger partial charge on any atom is 0.111 e. The molecule has 4 nitrogen and oxygen atoms in total. The van der Waals surface area contributed by atoms with E-state index in [0.29, 0.717) is 0 Å². The quantitative estimate of drug-likeness (QED) is 0.466. The molecule has 2 heterocycles. The molecule has 0 aliphatic heterocycles. The van der Waals surface area contributed by atoms with Crippen LogP contribution in [-0.4, -0.2) is 27.9 Å². The monoisotopic (exact) mass is 403 g/mol. The number of benzene rings is 1. The molecule has 2 aliphatic rings. The van der Waals surface area contributed by atoms with Crippen LogP contribution in [0.2, 0.25) is 0 Å². The molecule has 2 aromatic heterocycles. The number of rotatable bonds is 3. The number of aryl methyl sites for hydroxylation is 2. The fraction of sp³-hybridized carbons (Fsp3) is 0.148. The summed E-state index contributed by atoms with van der Waals surface area (Å²) in [6, 6.07) is 14.4. The zero-order valence-corrected chi connectivity index (χ0v) is 17.4. The van der Waals surface area contributed by atoms with Crippen molar-refractivity contribution in [1.29, 1.82) is 0 Å². The molecule has 1 radical (unpaired) electrons. The van der Waals surface area contributed by atoms with Crippen LogP contribution in [0.1, 0.15) is 30.2 Å². The van der Waals surface area contributed by atoms with Crippen molar-refractivity contribution in [3.8, 4) is 23.1 Å². The molecule has 2 aliphatic carbocycles. The van der Waals surface area contributed by atoms with Gasteiger partial charge < -0.3 is 0 Å². The van der Waals surface area contributed by atoms with Gasteiger partial charge in [-0.05, 0) is 59.7 Å². The van der Waals surface area contributed by atoms with Gasteiger partial charge >= 0.3 is 0 Å². The third-order valence-corrected chi connectivity index (χ3v) is 5.60. The standard InChI is InChI=1S/C27H21N4.H2/c1-18(12-13-19-7-6-14-29-17-19)23-16-24(23)27(28-2)25-15-21-10-5-9-20-8-3-4-11-22(20)26(21)31-30-25;/h3-4,6-8,11,14-17H,1,5,9-10H2,2H3;1H. The number of hydrogen-bond donors (Lipinski definition) is 0. The molecular formula is C27H23N4. The summed E-state index contributed by atoms with van der Waals surface area (Å²) in [5.41, 5.74) is 10.1. The molecule has 0 saturated carbocycles. The van der Waals surface area contributed by atoms with Gasteiger partial charge in [-0.3, -0.25) is 9.98 Å². The first-order valence-corrected chi connectivity index (χ1v) is 10.4. The van der Waals surface area contributed by atoms with Gasteiger partial charge in [0.15, 0.2) is 0 Å². The predicted molar refractivity (Wildman–Crippen MR) is 126 cm³/mol. The minimum Gasteiger partial charge on any atom is -0.286 e. The van der Waals surface area contributed by atoms with E-state index < -0.39 is 0 Å². The summed E-state index contributed by atoms with van der Waals surface area (Å²) in [6.07, 6.45) is 8.70. The number of aliphatic imine (C=N–C) groups is 1. The fourth-order valence-electron chi connectivity index (χ4n) is 3.98. The molecule has 0 saturated heterocycles. The lowest BCUT2D eigenvalue weighted by molar-refractivity contribution is 0.829. The highest BCUT2D eigenvalue weighted by molar-refractivity contribution is 6.19. The van der Waals surface area contributed by atoms with Crippen molar-refractivity contribution >= 4 is 5.71 Å². The average molecular weight is 404 g/mol. The van der Waals surface area contributed by atoms with Crippen molar-refractivity contribution in [2.75, 3.05) is 7.05 Å².